The van der Waals surface area contributed by atoms with Crippen molar-refractivity contribution in [2.24, 2.45) is 0 Å². The Labute approximate surface area is 111 Å². The maximum absolute atomic E-state index is 14.3. The first kappa shape index (κ1) is 12.2. The molecule has 0 atom stereocenters. The van der Waals surface area contributed by atoms with Gasteiger partial charge in [-0.3, -0.25) is 0 Å². The van der Waals surface area contributed by atoms with Crippen molar-refractivity contribution in [3.8, 4) is 11.3 Å². The third kappa shape index (κ3) is 2.12. The monoisotopic (exact) mass is 257 g/mol. The van der Waals surface area contributed by atoms with E-state index in [-0.39, 0.29) is 5.82 Å². The number of aromatic nitrogens is 2. The summed E-state index contributed by atoms with van der Waals surface area (Å²) in [5, 5.41) is 3.30. The molecule has 0 fully saturated rings. The van der Waals surface area contributed by atoms with Gasteiger partial charge in [0.25, 0.3) is 0 Å². The number of rotatable bonds is 1. The Hall–Kier alpha value is -1.81. The Morgan fingerprint density at radius 1 is 1.21 bits per heavy atom. The molecule has 0 unspecified atom stereocenters. The molecule has 0 aliphatic carbocycles. The van der Waals surface area contributed by atoms with Crippen LogP contribution in [0.15, 0.2) is 18.5 Å². The van der Waals surface area contributed by atoms with Crippen LogP contribution in [0.1, 0.15) is 22.4 Å². The van der Waals surface area contributed by atoms with Gasteiger partial charge in [-0.05, 0) is 31.0 Å². The topological polar surface area (TPSA) is 37.8 Å². The second-order valence-electron chi connectivity index (χ2n) is 5.01. The summed E-state index contributed by atoms with van der Waals surface area (Å²) in [5.41, 5.74) is 5.24. The van der Waals surface area contributed by atoms with Crippen molar-refractivity contribution in [2.45, 2.75) is 26.8 Å². The highest BCUT2D eigenvalue weighted by Gasteiger charge is 2.20. The van der Waals surface area contributed by atoms with Gasteiger partial charge in [0, 0.05) is 30.6 Å². The molecule has 98 valence electrons. The molecule has 0 bridgehead atoms. The van der Waals surface area contributed by atoms with Gasteiger partial charge in [0.1, 0.15) is 12.1 Å². The van der Waals surface area contributed by atoms with Gasteiger partial charge in [0.2, 0.25) is 0 Å². The molecule has 1 aromatic heterocycles. The van der Waals surface area contributed by atoms with E-state index in [9.17, 15) is 4.39 Å². The van der Waals surface area contributed by atoms with E-state index in [1.807, 2.05) is 19.9 Å². The van der Waals surface area contributed by atoms with Crippen molar-refractivity contribution in [2.75, 3.05) is 6.54 Å². The van der Waals surface area contributed by atoms with E-state index in [0.717, 1.165) is 41.0 Å². The zero-order valence-corrected chi connectivity index (χ0v) is 11.1. The Balaban J connectivity index is 2.23. The van der Waals surface area contributed by atoms with Crippen molar-refractivity contribution in [3.05, 3.63) is 46.7 Å². The second kappa shape index (κ2) is 4.70. The van der Waals surface area contributed by atoms with E-state index in [4.69, 9.17) is 0 Å². The SMILES string of the molecule is Cc1cc(C)c(-c2ncnc3c2CNCC3)c(F)c1. The summed E-state index contributed by atoms with van der Waals surface area (Å²) in [7, 11) is 0. The highest BCUT2D eigenvalue weighted by Crippen LogP contribution is 2.30. The molecule has 2 heterocycles. The molecule has 1 N–H and O–H groups in total. The summed E-state index contributed by atoms with van der Waals surface area (Å²) in [6, 6.07) is 3.55. The van der Waals surface area contributed by atoms with Crippen LogP contribution in [0.3, 0.4) is 0 Å². The first-order valence-corrected chi connectivity index (χ1v) is 6.47. The summed E-state index contributed by atoms with van der Waals surface area (Å²) in [5.74, 6) is -0.205. The molecular formula is C15H16FN3. The highest BCUT2D eigenvalue weighted by molar-refractivity contribution is 5.68. The lowest BCUT2D eigenvalue weighted by Crippen LogP contribution is -2.25. The van der Waals surface area contributed by atoms with E-state index in [0.29, 0.717) is 12.1 Å². The minimum Gasteiger partial charge on any atom is -0.312 e. The summed E-state index contributed by atoms with van der Waals surface area (Å²) in [4.78, 5) is 8.63. The molecule has 0 saturated heterocycles. The fourth-order valence-electron chi connectivity index (χ4n) is 2.70. The van der Waals surface area contributed by atoms with E-state index in [1.165, 1.54) is 6.33 Å². The highest BCUT2D eigenvalue weighted by atomic mass is 19.1. The zero-order chi connectivity index (χ0) is 13.4. The van der Waals surface area contributed by atoms with Crippen molar-refractivity contribution in [3.63, 3.8) is 0 Å². The number of nitrogens with zero attached hydrogens (tertiary/aromatic N) is 2. The standard InChI is InChI=1S/C15H16FN3/c1-9-5-10(2)14(12(16)6-9)15-11-7-17-4-3-13(11)18-8-19-15/h5-6,8,17H,3-4,7H2,1-2H3. The van der Waals surface area contributed by atoms with Crippen LogP contribution in [0.4, 0.5) is 4.39 Å². The van der Waals surface area contributed by atoms with Crippen LogP contribution in [0.25, 0.3) is 11.3 Å². The largest absolute Gasteiger partial charge is 0.312 e. The number of fused-ring (bicyclic) bond motifs is 1. The average Bonchev–Trinajstić information content (AvgIpc) is 2.38. The van der Waals surface area contributed by atoms with Gasteiger partial charge in [-0.2, -0.15) is 0 Å². The summed E-state index contributed by atoms with van der Waals surface area (Å²) in [6.07, 6.45) is 2.41. The van der Waals surface area contributed by atoms with E-state index in [1.54, 1.807) is 6.07 Å². The Bertz CT molecular complexity index is 614. The molecule has 3 nitrogen and oxygen atoms in total. The lowest BCUT2D eigenvalue weighted by Gasteiger charge is -2.19. The van der Waals surface area contributed by atoms with Gasteiger partial charge in [0.05, 0.1) is 11.4 Å². The van der Waals surface area contributed by atoms with Crippen molar-refractivity contribution in [1.29, 1.82) is 0 Å². The van der Waals surface area contributed by atoms with Crippen LogP contribution in [-0.2, 0) is 13.0 Å². The Morgan fingerprint density at radius 2 is 2.05 bits per heavy atom. The summed E-state index contributed by atoms with van der Waals surface area (Å²) >= 11 is 0. The number of aryl methyl sites for hydroxylation is 2. The molecule has 1 aromatic carbocycles. The first-order chi connectivity index (χ1) is 9.16. The molecule has 0 amide bonds. The summed E-state index contributed by atoms with van der Waals surface area (Å²) < 4.78 is 14.3. The van der Waals surface area contributed by atoms with E-state index < -0.39 is 0 Å². The number of hydrogen-bond donors (Lipinski definition) is 1. The van der Waals surface area contributed by atoms with Crippen LogP contribution in [0.2, 0.25) is 0 Å². The number of benzene rings is 1. The first-order valence-electron chi connectivity index (χ1n) is 6.47. The molecule has 3 rings (SSSR count). The molecule has 0 saturated carbocycles. The molecule has 2 aromatic rings. The second-order valence-corrected chi connectivity index (χ2v) is 5.01. The maximum atomic E-state index is 14.3. The van der Waals surface area contributed by atoms with Crippen LogP contribution in [0.5, 0.6) is 0 Å². The zero-order valence-electron chi connectivity index (χ0n) is 11.1. The van der Waals surface area contributed by atoms with Crippen LogP contribution >= 0.6 is 0 Å². The van der Waals surface area contributed by atoms with Gasteiger partial charge in [-0.15, -0.1) is 0 Å². The van der Waals surface area contributed by atoms with Crippen molar-refractivity contribution >= 4 is 0 Å². The van der Waals surface area contributed by atoms with Crippen LogP contribution in [0, 0.1) is 19.7 Å². The lowest BCUT2D eigenvalue weighted by molar-refractivity contribution is 0.617. The predicted molar refractivity (Wildman–Crippen MR) is 72.3 cm³/mol. The Morgan fingerprint density at radius 3 is 2.84 bits per heavy atom. The van der Waals surface area contributed by atoms with Gasteiger partial charge >= 0.3 is 0 Å². The molecule has 19 heavy (non-hydrogen) atoms. The maximum Gasteiger partial charge on any atom is 0.133 e. The fraction of sp³-hybridized carbons (Fsp3) is 0.333. The fourth-order valence-corrected chi connectivity index (χ4v) is 2.70. The minimum atomic E-state index is -0.205. The quantitative estimate of drug-likeness (QED) is 0.853. The van der Waals surface area contributed by atoms with Gasteiger partial charge in [-0.1, -0.05) is 6.07 Å². The third-order valence-corrected chi connectivity index (χ3v) is 3.54. The number of hydrogen-bond acceptors (Lipinski definition) is 3. The molecule has 1 aliphatic rings. The number of nitrogens with one attached hydrogen (secondary N) is 1. The molecule has 4 heteroatoms. The smallest absolute Gasteiger partial charge is 0.133 e. The number of halogens is 1. The molecular weight excluding hydrogens is 241 g/mol. The molecule has 0 radical (unpaired) electrons. The van der Waals surface area contributed by atoms with E-state index in [2.05, 4.69) is 15.3 Å². The third-order valence-electron chi connectivity index (χ3n) is 3.54. The minimum absolute atomic E-state index is 0.205. The van der Waals surface area contributed by atoms with Gasteiger partial charge < -0.3 is 5.32 Å². The predicted octanol–water partition coefficient (Wildman–Crippen LogP) is 2.55. The lowest BCUT2D eigenvalue weighted by atomic mass is 9.96. The van der Waals surface area contributed by atoms with Gasteiger partial charge in [0.15, 0.2) is 0 Å². The van der Waals surface area contributed by atoms with E-state index >= 15 is 0 Å². The van der Waals surface area contributed by atoms with Gasteiger partial charge in [-0.25, -0.2) is 14.4 Å². The average molecular weight is 257 g/mol. The van der Waals surface area contributed by atoms with Crippen LogP contribution < -0.4 is 5.32 Å². The molecule has 0 spiro atoms. The normalized spacial score (nSPS) is 14.3. The summed E-state index contributed by atoms with van der Waals surface area (Å²) in [6.45, 7) is 5.45. The molecule has 1 aliphatic heterocycles. The van der Waals surface area contributed by atoms with Crippen molar-refractivity contribution in [1.82, 2.24) is 15.3 Å². The Kier molecular flexibility index (Phi) is 3.03. The van der Waals surface area contributed by atoms with Crippen molar-refractivity contribution < 1.29 is 4.39 Å². The van der Waals surface area contributed by atoms with Crippen LogP contribution in [-0.4, -0.2) is 16.5 Å².